The number of H-pyrrole nitrogens is 1. The van der Waals surface area contributed by atoms with E-state index in [2.05, 4.69) is 42.7 Å². The van der Waals surface area contributed by atoms with Gasteiger partial charge in [-0.05, 0) is 89.8 Å². The molecule has 0 aliphatic heterocycles. The van der Waals surface area contributed by atoms with Crippen LogP contribution in [0.15, 0.2) is 30.6 Å². The van der Waals surface area contributed by atoms with Crippen LogP contribution in [0, 0.1) is 17.7 Å². The number of halogens is 1. The standard InChI is InChI=1S/C24H29FN6O2/c1-32-23-12-20(21(25)13-27-23)17-4-2-15(3-5-17)14-33-24-10-18(8-9-26-24)19(16-6-7-16)11-22-28-30-31-29-22/h8-10,12-13,15-17,19H,2-7,11,14H2,1H3,(H,28,29,30,31)/t15-,17-,19-/m0/s1. The Bertz CT molecular complexity index is 1050. The molecule has 0 amide bonds. The first kappa shape index (κ1) is 21.7. The van der Waals surface area contributed by atoms with Crippen LogP contribution in [0.1, 0.15) is 67.3 Å². The van der Waals surface area contributed by atoms with Gasteiger partial charge in [-0.25, -0.2) is 19.5 Å². The molecule has 3 heterocycles. The zero-order valence-electron chi connectivity index (χ0n) is 18.8. The number of aromatic amines is 1. The maximum absolute atomic E-state index is 14.3. The van der Waals surface area contributed by atoms with Gasteiger partial charge in [-0.2, -0.15) is 0 Å². The number of nitrogens with zero attached hydrogens (tertiary/aromatic N) is 5. The van der Waals surface area contributed by atoms with Gasteiger partial charge in [-0.3, -0.25) is 0 Å². The molecule has 2 aliphatic carbocycles. The summed E-state index contributed by atoms with van der Waals surface area (Å²) in [5.74, 6) is 3.37. The first-order valence-corrected chi connectivity index (χ1v) is 11.7. The Morgan fingerprint density at radius 3 is 2.67 bits per heavy atom. The summed E-state index contributed by atoms with van der Waals surface area (Å²) in [6.07, 6.45) is 10.2. The highest BCUT2D eigenvalue weighted by molar-refractivity contribution is 5.27. The molecule has 2 fully saturated rings. The van der Waals surface area contributed by atoms with Gasteiger partial charge in [0.15, 0.2) is 0 Å². The minimum atomic E-state index is -0.247. The zero-order valence-corrected chi connectivity index (χ0v) is 18.8. The van der Waals surface area contributed by atoms with Crippen LogP contribution in [0.4, 0.5) is 4.39 Å². The van der Waals surface area contributed by atoms with E-state index < -0.39 is 0 Å². The van der Waals surface area contributed by atoms with Crippen LogP contribution in [-0.2, 0) is 6.42 Å². The van der Waals surface area contributed by atoms with Crippen LogP contribution < -0.4 is 9.47 Å². The highest BCUT2D eigenvalue weighted by atomic mass is 19.1. The fourth-order valence-corrected chi connectivity index (χ4v) is 4.97. The summed E-state index contributed by atoms with van der Waals surface area (Å²) in [7, 11) is 1.56. The van der Waals surface area contributed by atoms with Crippen molar-refractivity contribution in [2.24, 2.45) is 11.8 Å². The summed E-state index contributed by atoms with van der Waals surface area (Å²) < 4.78 is 25.6. The lowest BCUT2D eigenvalue weighted by atomic mass is 9.79. The summed E-state index contributed by atoms with van der Waals surface area (Å²) in [5.41, 5.74) is 1.94. The topological polar surface area (TPSA) is 98.7 Å². The van der Waals surface area contributed by atoms with Gasteiger partial charge < -0.3 is 9.47 Å². The quantitative estimate of drug-likeness (QED) is 0.519. The molecular weight excluding hydrogens is 423 g/mol. The molecule has 0 radical (unpaired) electrons. The third kappa shape index (κ3) is 5.29. The van der Waals surface area contributed by atoms with Crippen molar-refractivity contribution in [3.05, 3.63) is 53.4 Å². The van der Waals surface area contributed by atoms with Gasteiger partial charge in [-0.15, -0.1) is 5.10 Å². The van der Waals surface area contributed by atoms with Crippen LogP contribution in [0.5, 0.6) is 11.8 Å². The number of rotatable bonds is 9. The molecule has 8 nitrogen and oxygen atoms in total. The molecule has 33 heavy (non-hydrogen) atoms. The molecule has 3 aromatic rings. The van der Waals surface area contributed by atoms with Crippen molar-refractivity contribution in [3.63, 3.8) is 0 Å². The largest absolute Gasteiger partial charge is 0.481 e. The average Bonchev–Trinajstić information content (AvgIpc) is 3.57. The summed E-state index contributed by atoms with van der Waals surface area (Å²) in [5, 5.41) is 14.3. The highest BCUT2D eigenvalue weighted by Crippen LogP contribution is 2.44. The molecule has 2 saturated carbocycles. The molecular formula is C24H29FN6O2. The van der Waals surface area contributed by atoms with E-state index in [1.807, 2.05) is 6.20 Å². The van der Waals surface area contributed by atoms with Crippen molar-refractivity contribution in [2.45, 2.75) is 56.8 Å². The monoisotopic (exact) mass is 452 g/mol. The molecule has 0 saturated heterocycles. The van der Waals surface area contributed by atoms with Gasteiger partial charge in [0, 0.05) is 24.8 Å². The fraction of sp³-hybridized carbons (Fsp3) is 0.542. The number of ether oxygens (including phenoxy) is 2. The van der Waals surface area contributed by atoms with Crippen molar-refractivity contribution >= 4 is 0 Å². The Hall–Kier alpha value is -3.10. The second-order valence-electron chi connectivity index (χ2n) is 9.20. The van der Waals surface area contributed by atoms with Gasteiger partial charge in [0.25, 0.3) is 0 Å². The second-order valence-corrected chi connectivity index (χ2v) is 9.20. The normalized spacial score (nSPS) is 21.5. The molecule has 1 N–H and O–H groups in total. The number of aromatic nitrogens is 6. The third-order valence-corrected chi connectivity index (χ3v) is 7.00. The molecule has 0 bridgehead atoms. The Morgan fingerprint density at radius 1 is 1.09 bits per heavy atom. The van der Waals surface area contributed by atoms with Crippen LogP contribution in [-0.4, -0.2) is 44.3 Å². The summed E-state index contributed by atoms with van der Waals surface area (Å²) in [4.78, 5) is 8.38. The third-order valence-electron chi connectivity index (χ3n) is 7.00. The lowest BCUT2D eigenvalue weighted by Gasteiger charge is -2.29. The molecule has 9 heteroatoms. The summed E-state index contributed by atoms with van der Waals surface area (Å²) >= 11 is 0. The van der Waals surface area contributed by atoms with E-state index in [-0.39, 0.29) is 11.7 Å². The smallest absolute Gasteiger partial charge is 0.213 e. The van der Waals surface area contributed by atoms with Crippen molar-refractivity contribution in [1.82, 2.24) is 30.6 Å². The molecule has 3 aromatic heterocycles. The Morgan fingerprint density at radius 2 is 1.94 bits per heavy atom. The van der Waals surface area contributed by atoms with E-state index in [1.54, 1.807) is 13.2 Å². The van der Waals surface area contributed by atoms with Crippen molar-refractivity contribution in [3.8, 4) is 11.8 Å². The first-order chi connectivity index (χ1) is 16.2. The molecule has 174 valence electrons. The van der Waals surface area contributed by atoms with E-state index in [0.29, 0.717) is 41.7 Å². The summed E-state index contributed by atoms with van der Waals surface area (Å²) in [6, 6.07) is 5.87. The predicted octanol–water partition coefficient (Wildman–Crippen LogP) is 4.23. The molecule has 5 rings (SSSR count). The van der Waals surface area contributed by atoms with Crippen LogP contribution in [0.3, 0.4) is 0 Å². The van der Waals surface area contributed by atoms with Crippen LogP contribution in [0.25, 0.3) is 0 Å². The molecule has 0 aromatic carbocycles. The maximum atomic E-state index is 14.3. The second kappa shape index (κ2) is 9.80. The first-order valence-electron chi connectivity index (χ1n) is 11.7. The van der Waals surface area contributed by atoms with Crippen LogP contribution >= 0.6 is 0 Å². The van der Waals surface area contributed by atoms with Gasteiger partial charge in [0.2, 0.25) is 11.8 Å². The Kier molecular flexibility index (Phi) is 6.46. The number of methoxy groups -OCH3 is 1. The summed E-state index contributed by atoms with van der Waals surface area (Å²) in [6.45, 7) is 0.630. The molecule has 2 aliphatic rings. The highest BCUT2D eigenvalue weighted by Gasteiger charge is 2.33. The van der Waals surface area contributed by atoms with Crippen molar-refractivity contribution in [2.75, 3.05) is 13.7 Å². The van der Waals surface area contributed by atoms with E-state index >= 15 is 0 Å². The number of tetrazole rings is 1. The van der Waals surface area contributed by atoms with E-state index in [9.17, 15) is 4.39 Å². The zero-order chi connectivity index (χ0) is 22.6. The number of hydrogen-bond donors (Lipinski definition) is 1. The lowest BCUT2D eigenvalue weighted by Crippen LogP contribution is -2.20. The fourth-order valence-electron chi connectivity index (χ4n) is 4.97. The lowest BCUT2D eigenvalue weighted by molar-refractivity contribution is 0.193. The van der Waals surface area contributed by atoms with Crippen LogP contribution in [0.2, 0.25) is 0 Å². The maximum Gasteiger partial charge on any atom is 0.213 e. The van der Waals surface area contributed by atoms with Gasteiger partial charge in [-0.1, -0.05) is 0 Å². The van der Waals surface area contributed by atoms with E-state index in [1.165, 1.54) is 24.6 Å². The van der Waals surface area contributed by atoms with E-state index in [4.69, 9.17) is 9.47 Å². The van der Waals surface area contributed by atoms with E-state index in [0.717, 1.165) is 37.9 Å². The predicted molar refractivity (Wildman–Crippen MR) is 119 cm³/mol. The van der Waals surface area contributed by atoms with Gasteiger partial charge in [0.05, 0.1) is 19.9 Å². The van der Waals surface area contributed by atoms with Crippen molar-refractivity contribution < 1.29 is 13.9 Å². The van der Waals surface area contributed by atoms with Gasteiger partial charge in [0.1, 0.15) is 11.6 Å². The average molecular weight is 453 g/mol. The number of nitrogens with one attached hydrogen (secondary N) is 1. The Labute approximate surface area is 192 Å². The molecule has 1 atom stereocenters. The minimum absolute atomic E-state index is 0.199. The SMILES string of the molecule is COc1cc([C@H]2CC[C@H](COc3cc([C@@H](Cc4nnn[nH]4)C4CC4)ccn3)CC2)c(F)cn1. The number of hydrogen-bond acceptors (Lipinski definition) is 7. The van der Waals surface area contributed by atoms with Gasteiger partial charge >= 0.3 is 0 Å². The Balaban J connectivity index is 1.16. The minimum Gasteiger partial charge on any atom is -0.481 e. The van der Waals surface area contributed by atoms with Crippen molar-refractivity contribution in [1.29, 1.82) is 0 Å². The molecule has 0 spiro atoms. The molecule has 0 unspecified atom stereocenters. The number of pyridine rings is 2.